The molecule has 0 aliphatic carbocycles. The number of carbonyl (C=O) groups is 1. The van der Waals surface area contributed by atoms with E-state index in [0.29, 0.717) is 25.5 Å². The Bertz CT molecular complexity index is 686. The lowest BCUT2D eigenvalue weighted by Crippen LogP contribution is -2.11. The summed E-state index contributed by atoms with van der Waals surface area (Å²) < 4.78 is 12.1. The largest absolute Gasteiger partial charge is 0.293 e. The van der Waals surface area contributed by atoms with Gasteiger partial charge in [-0.3, -0.25) is 9.00 Å². The summed E-state index contributed by atoms with van der Waals surface area (Å²) in [7, 11) is -1.45. The summed E-state index contributed by atoms with van der Waals surface area (Å²) in [5, 5.41) is 1.16. The van der Waals surface area contributed by atoms with Crippen LogP contribution >= 0.6 is 34.8 Å². The van der Waals surface area contributed by atoms with Gasteiger partial charge in [0.2, 0.25) is 0 Å². The van der Waals surface area contributed by atoms with E-state index < -0.39 is 10.8 Å². The third-order valence-electron chi connectivity index (χ3n) is 2.56. The SMILES string of the molecule is O=C(CS(=O)c1cccc(Cl)c1)c1ccc(Cl)c(Cl)c1. The smallest absolute Gasteiger partial charge is 0.175 e. The number of Topliss-reactive ketones (excluding diaryl/α,β-unsaturated/α-hetero) is 1. The van der Waals surface area contributed by atoms with Crippen molar-refractivity contribution in [3.63, 3.8) is 0 Å². The van der Waals surface area contributed by atoms with Crippen molar-refractivity contribution >= 4 is 51.4 Å². The number of rotatable bonds is 4. The molecule has 6 heteroatoms. The second kappa shape index (κ2) is 6.72. The monoisotopic (exact) mass is 346 g/mol. The van der Waals surface area contributed by atoms with Crippen molar-refractivity contribution in [2.75, 3.05) is 5.75 Å². The molecule has 0 spiro atoms. The van der Waals surface area contributed by atoms with Gasteiger partial charge in [0.15, 0.2) is 5.78 Å². The summed E-state index contributed by atoms with van der Waals surface area (Å²) in [5.41, 5.74) is 0.384. The molecule has 0 aliphatic rings. The summed E-state index contributed by atoms with van der Waals surface area (Å²) in [4.78, 5) is 12.6. The molecule has 0 amide bonds. The molecular formula is C14H9Cl3O2S. The Hall–Kier alpha value is -0.870. The molecule has 0 bridgehead atoms. The van der Waals surface area contributed by atoms with Crippen LogP contribution in [0.25, 0.3) is 0 Å². The standard InChI is InChI=1S/C14H9Cl3O2S/c15-10-2-1-3-11(7-10)20(19)8-14(18)9-4-5-12(16)13(17)6-9/h1-7H,8H2. The van der Waals surface area contributed by atoms with Crippen LogP contribution in [0.2, 0.25) is 15.1 Å². The van der Waals surface area contributed by atoms with Crippen LogP contribution in [0.4, 0.5) is 0 Å². The molecule has 0 aliphatic heterocycles. The minimum Gasteiger partial charge on any atom is -0.293 e. The first-order valence-electron chi connectivity index (χ1n) is 5.59. The van der Waals surface area contributed by atoms with Crippen LogP contribution in [0, 0.1) is 0 Å². The van der Waals surface area contributed by atoms with Gasteiger partial charge < -0.3 is 0 Å². The van der Waals surface area contributed by atoms with Crippen molar-refractivity contribution in [1.29, 1.82) is 0 Å². The molecule has 0 fully saturated rings. The average molecular weight is 348 g/mol. The Morgan fingerprint density at radius 1 is 1.00 bits per heavy atom. The fourth-order valence-electron chi connectivity index (χ4n) is 1.56. The Kier molecular flexibility index (Phi) is 5.22. The van der Waals surface area contributed by atoms with E-state index in [2.05, 4.69) is 0 Å². The van der Waals surface area contributed by atoms with E-state index in [9.17, 15) is 9.00 Å². The van der Waals surface area contributed by atoms with Gasteiger partial charge in [-0.25, -0.2) is 0 Å². The third kappa shape index (κ3) is 3.83. The second-order valence-corrected chi connectivity index (χ2v) is 6.70. The van der Waals surface area contributed by atoms with Crippen molar-refractivity contribution in [2.24, 2.45) is 0 Å². The van der Waals surface area contributed by atoms with Crippen molar-refractivity contribution in [3.8, 4) is 0 Å². The molecule has 20 heavy (non-hydrogen) atoms. The molecule has 0 heterocycles. The third-order valence-corrected chi connectivity index (χ3v) is 4.84. The van der Waals surface area contributed by atoms with E-state index in [4.69, 9.17) is 34.8 Å². The molecule has 104 valence electrons. The number of carbonyl (C=O) groups excluding carboxylic acids is 1. The molecule has 2 nitrogen and oxygen atoms in total. The zero-order valence-electron chi connectivity index (χ0n) is 10.1. The number of hydrogen-bond donors (Lipinski definition) is 0. The summed E-state index contributed by atoms with van der Waals surface area (Å²) in [5.74, 6) is -0.389. The van der Waals surface area contributed by atoms with Gasteiger partial charge in [-0.05, 0) is 36.4 Å². The molecule has 0 saturated carbocycles. The zero-order valence-corrected chi connectivity index (χ0v) is 13.2. The van der Waals surface area contributed by atoms with E-state index >= 15 is 0 Å². The topological polar surface area (TPSA) is 34.1 Å². The molecule has 2 aromatic carbocycles. The molecule has 1 atom stereocenters. The van der Waals surface area contributed by atoms with E-state index in [0.717, 1.165) is 0 Å². The zero-order chi connectivity index (χ0) is 14.7. The van der Waals surface area contributed by atoms with Gasteiger partial charge in [0.05, 0.1) is 26.6 Å². The Morgan fingerprint density at radius 3 is 2.40 bits per heavy atom. The first kappa shape index (κ1) is 15.5. The Balaban J connectivity index is 2.15. The quantitative estimate of drug-likeness (QED) is 0.755. The van der Waals surface area contributed by atoms with Crippen LogP contribution in [0.5, 0.6) is 0 Å². The van der Waals surface area contributed by atoms with Gasteiger partial charge in [-0.2, -0.15) is 0 Å². The highest BCUT2D eigenvalue weighted by atomic mass is 35.5. The number of hydrogen-bond acceptors (Lipinski definition) is 2. The van der Waals surface area contributed by atoms with Gasteiger partial charge in [0, 0.05) is 15.5 Å². The van der Waals surface area contributed by atoms with E-state index in [1.165, 1.54) is 6.07 Å². The Labute approximate surface area is 134 Å². The van der Waals surface area contributed by atoms with Gasteiger partial charge in [0.1, 0.15) is 0 Å². The fraction of sp³-hybridized carbons (Fsp3) is 0.0714. The van der Waals surface area contributed by atoms with Crippen molar-refractivity contribution in [3.05, 3.63) is 63.1 Å². The molecule has 2 aromatic rings. The molecule has 0 aromatic heterocycles. The predicted octanol–water partition coefficient (Wildman–Crippen LogP) is 4.64. The predicted molar refractivity (Wildman–Crippen MR) is 83.5 cm³/mol. The second-order valence-electron chi connectivity index (χ2n) is 4.00. The van der Waals surface area contributed by atoms with Crippen LogP contribution < -0.4 is 0 Å². The first-order valence-corrected chi connectivity index (χ1v) is 8.05. The van der Waals surface area contributed by atoms with Crippen LogP contribution in [0.15, 0.2) is 47.4 Å². The number of benzene rings is 2. The summed E-state index contributed by atoms with van der Waals surface area (Å²) in [6.45, 7) is 0. The maximum absolute atomic E-state index is 12.1. The van der Waals surface area contributed by atoms with Gasteiger partial charge in [0.25, 0.3) is 0 Å². The molecule has 0 radical (unpaired) electrons. The van der Waals surface area contributed by atoms with Crippen molar-refractivity contribution in [1.82, 2.24) is 0 Å². The maximum Gasteiger partial charge on any atom is 0.175 e. The van der Waals surface area contributed by atoms with Crippen LogP contribution in [0.3, 0.4) is 0 Å². The van der Waals surface area contributed by atoms with Gasteiger partial charge in [-0.15, -0.1) is 0 Å². The van der Waals surface area contributed by atoms with Crippen LogP contribution in [-0.4, -0.2) is 15.7 Å². The molecular weight excluding hydrogens is 339 g/mol. The minimum atomic E-state index is -1.45. The molecule has 2 rings (SSSR count). The molecule has 0 N–H and O–H groups in total. The van der Waals surface area contributed by atoms with E-state index in [1.807, 2.05) is 0 Å². The fourth-order valence-corrected chi connectivity index (χ4v) is 3.18. The number of halogens is 3. The lowest BCUT2D eigenvalue weighted by atomic mass is 10.1. The number of ketones is 1. The summed E-state index contributed by atoms with van der Waals surface area (Å²) in [6.07, 6.45) is 0. The van der Waals surface area contributed by atoms with E-state index in [-0.39, 0.29) is 11.5 Å². The van der Waals surface area contributed by atoms with E-state index in [1.54, 1.807) is 36.4 Å². The maximum atomic E-state index is 12.1. The first-order chi connectivity index (χ1) is 9.47. The summed E-state index contributed by atoms with van der Waals surface area (Å²) >= 11 is 17.5. The van der Waals surface area contributed by atoms with Crippen molar-refractivity contribution in [2.45, 2.75) is 4.90 Å². The molecule has 0 saturated heterocycles. The lowest BCUT2D eigenvalue weighted by Gasteiger charge is -2.04. The van der Waals surface area contributed by atoms with Gasteiger partial charge in [-0.1, -0.05) is 40.9 Å². The van der Waals surface area contributed by atoms with Gasteiger partial charge >= 0.3 is 0 Å². The van der Waals surface area contributed by atoms with Crippen LogP contribution in [0.1, 0.15) is 10.4 Å². The summed E-state index contributed by atoms with van der Waals surface area (Å²) in [6, 6.07) is 11.2. The average Bonchev–Trinajstić information content (AvgIpc) is 2.41. The van der Waals surface area contributed by atoms with Crippen molar-refractivity contribution < 1.29 is 9.00 Å². The molecule has 1 unspecified atom stereocenters. The van der Waals surface area contributed by atoms with Crippen LogP contribution in [-0.2, 0) is 10.8 Å². The highest BCUT2D eigenvalue weighted by Gasteiger charge is 2.13. The minimum absolute atomic E-state index is 0.127. The highest BCUT2D eigenvalue weighted by molar-refractivity contribution is 7.85. The normalized spacial score (nSPS) is 12.2. The lowest BCUT2D eigenvalue weighted by molar-refractivity contribution is 0.102. The highest BCUT2D eigenvalue weighted by Crippen LogP contribution is 2.23. The Morgan fingerprint density at radius 2 is 1.75 bits per heavy atom.